The van der Waals surface area contributed by atoms with Gasteiger partial charge in [-0.1, -0.05) is 13.8 Å². The van der Waals surface area contributed by atoms with E-state index in [1.807, 2.05) is 12.5 Å². The number of nitrogens with two attached hydrogens (primary N) is 1. The molecule has 4 nitrogen and oxygen atoms in total. The minimum absolute atomic E-state index is 0.318. The Labute approximate surface area is 122 Å². The Morgan fingerprint density at radius 2 is 2.10 bits per heavy atom. The number of hydrogen-bond donors (Lipinski definition) is 1. The number of aromatic nitrogens is 2. The first-order chi connectivity index (χ1) is 9.61. The zero-order chi connectivity index (χ0) is 14.3. The summed E-state index contributed by atoms with van der Waals surface area (Å²) in [5, 5.41) is 0. The molecule has 0 bridgehead atoms. The summed E-state index contributed by atoms with van der Waals surface area (Å²) in [6, 6.07) is 1.59. The molecule has 1 saturated heterocycles. The fourth-order valence-corrected chi connectivity index (χ4v) is 3.83. The van der Waals surface area contributed by atoms with E-state index in [-0.39, 0.29) is 0 Å². The highest BCUT2D eigenvalue weighted by Gasteiger charge is 2.36. The van der Waals surface area contributed by atoms with Crippen molar-refractivity contribution in [3.63, 3.8) is 0 Å². The Kier molecular flexibility index (Phi) is 3.87. The van der Waals surface area contributed by atoms with E-state index >= 15 is 0 Å². The number of nitrogens with zero attached hydrogens (tertiary/aromatic N) is 3. The highest BCUT2D eigenvalue weighted by Crippen LogP contribution is 2.39. The fourth-order valence-electron chi connectivity index (χ4n) is 3.83. The summed E-state index contributed by atoms with van der Waals surface area (Å²) < 4.78 is 2.37. The van der Waals surface area contributed by atoms with E-state index in [1.165, 1.54) is 25.0 Å². The quantitative estimate of drug-likeness (QED) is 0.919. The normalized spacial score (nSPS) is 33.3. The van der Waals surface area contributed by atoms with Crippen LogP contribution in [-0.4, -0.2) is 33.6 Å². The number of piperidine rings is 1. The molecule has 2 aliphatic rings. The van der Waals surface area contributed by atoms with Crippen LogP contribution in [0.4, 0.5) is 0 Å². The van der Waals surface area contributed by atoms with Crippen LogP contribution in [0.5, 0.6) is 0 Å². The highest BCUT2D eigenvalue weighted by atomic mass is 15.2. The molecule has 20 heavy (non-hydrogen) atoms. The lowest BCUT2D eigenvalue weighted by molar-refractivity contribution is 0.0396. The number of rotatable bonds is 4. The molecular weight excluding hydrogens is 248 g/mol. The average Bonchev–Trinajstić information content (AvgIpc) is 3.15. The van der Waals surface area contributed by atoms with Crippen LogP contribution >= 0.6 is 0 Å². The second-order valence-electron chi connectivity index (χ2n) is 6.96. The Balaban J connectivity index is 1.86. The molecule has 4 unspecified atom stereocenters. The van der Waals surface area contributed by atoms with Gasteiger partial charge in [0.05, 0.1) is 18.1 Å². The number of imidazole rings is 1. The smallest absolute Gasteiger partial charge is 0.0951 e. The molecule has 1 aromatic heterocycles. The molecule has 4 heteroatoms. The van der Waals surface area contributed by atoms with Gasteiger partial charge in [-0.2, -0.15) is 0 Å². The van der Waals surface area contributed by atoms with Gasteiger partial charge in [-0.3, -0.25) is 4.90 Å². The lowest BCUT2D eigenvalue weighted by Crippen LogP contribution is -2.49. The number of likely N-dealkylation sites (tertiary alicyclic amines) is 1. The summed E-state index contributed by atoms with van der Waals surface area (Å²) in [6.07, 6.45) is 7.95. The van der Waals surface area contributed by atoms with Gasteiger partial charge in [-0.15, -0.1) is 0 Å². The molecule has 3 rings (SSSR count). The Morgan fingerprint density at radius 3 is 2.75 bits per heavy atom. The first-order valence-corrected chi connectivity index (χ1v) is 8.09. The lowest BCUT2D eigenvalue weighted by atomic mass is 9.84. The van der Waals surface area contributed by atoms with Crippen LogP contribution in [0.3, 0.4) is 0 Å². The van der Waals surface area contributed by atoms with Crippen LogP contribution in [0.25, 0.3) is 0 Å². The van der Waals surface area contributed by atoms with Gasteiger partial charge in [0.15, 0.2) is 0 Å². The number of hydrogen-bond acceptors (Lipinski definition) is 3. The van der Waals surface area contributed by atoms with Crippen molar-refractivity contribution in [1.29, 1.82) is 0 Å². The van der Waals surface area contributed by atoms with E-state index in [9.17, 15) is 0 Å². The Bertz CT molecular complexity index is 451. The van der Waals surface area contributed by atoms with Crippen molar-refractivity contribution in [2.24, 2.45) is 17.6 Å². The minimum Gasteiger partial charge on any atom is -0.330 e. The van der Waals surface area contributed by atoms with Gasteiger partial charge in [0.25, 0.3) is 0 Å². The Hall–Kier alpha value is -0.870. The molecule has 1 saturated carbocycles. The monoisotopic (exact) mass is 276 g/mol. The third kappa shape index (κ3) is 2.51. The summed E-state index contributed by atoms with van der Waals surface area (Å²) in [6.45, 7) is 8.93. The largest absolute Gasteiger partial charge is 0.330 e. The van der Waals surface area contributed by atoms with Crippen molar-refractivity contribution in [3.05, 3.63) is 18.2 Å². The molecular formula is C16H28N4. The van der Waals surface area contributed by atoms with E-state index in [1.54, 1.807) is 0 Å². The van der Waals surface area contributed by atoms with E-state index in [0.717, 1.165) is 18.4 Å². The summed E-state index contributed by atoms with van der Waals surface area (Å²) >= 11 is 0. The van der Waals surface area contributed by atoms with Crippen molar-refractivity contribution in [2.45, 2.75) is 58.2 Å². The van der Waals surface area contributed by atoms with Gasteiger partial charge >= 0.3 is 0 Å². The van der Waals surface area contributed by atoms with Crippen LogP contribution in [0.1, 0.15) is 57.8 Å². The van der Waals surface area contributed by atoms with E-state index in [0.29, 0.717) is 24.7 Å². The minimum atomic E-state index is 0.318. The predicted octanol–water partition coefficient (Wildman–Crippen LogP) is 2.58. The maximum absolute atomic E-state index is 6.15. The van der Waals surface area contributed by atoms with Crippen molar-refractivity contribution in [3.8, 4) is 0 Å². The second-order valence-corrected chi connectivity index (χ2v) is 6.96. The topological polar surface area (TPSA) is 47.1 Å². The predicted molar refractivity (Wildman–Crippen MR) is 81.4 cm³/mol. The SMILES string of the molecule is CC1CC(C)C(C)N(C(CN)c2cncn2C2CC2)C1. The van der Waals surface area contributed by atoms with Crippen molar-refractivity contribution in [1.82, 2.24) is 14.5 Å². The molecule has 2 heterocycles. The van der Waals surface area contributed by atoms with Crippen LogP contribution in [0, 0.1) is 11.8 Å². The molecule has 0 aromatic carbocycles. The van der Waals surface area contributed by atoms with Gasteiger partial charge in [0, 0.05) is 31.4 Å². The van der Waals surface area contributed by atoms with E-state index < -0.39 is 0 Å². The standard InChI is InChI=1S/C16H28N4/c1-11-6-12(2)13(3)19(9-11)15(7-17)16-8-18-10-20(16)14-4-5-14/h8,10-15H,4-7,9,17H2,1-3H3. The molecule has 1 aliphatic carbocycles. The summed E-state index contributed by atoms with van der Waals surface area (Å²) in [5.41, 5.74) is 7.48. The maximum atomic E-state index is 6.15. The fraction of sp³-hybridized carbons (Fsp3) is 0.812. The lowest BCUT2D eigenvalue weighted by Gasteiger charge is -2.45. The Morgan fingerprint density at radius 1 is 1.35 bits per heavy atom. The van der Waals surface area contributed by atoms with E-state index in [4.69, 9.17) is 5.73 Å². The van der Waals surface area contributed by atoms with E-state index in [2.05, 4.69) is 35.2 Å². The highest BCUT2D eigenvalue weighted by molar-refractivity contribution is 5.11. The molecule has 112 valence electrons. The molecule has 0 radical (unpaired) electrons. The van der Waals surface area contributed by atoms with Crippen molar-refractivity contribution < 1.29 is 0 Å². The van der Waals surface area contributed by atoms with Gasteiger partial charge < -0.3 is 10.3 Å². The zero-order valence-corrected chi connectivity index (χ0v) is 13.0. The van der Waals surface area contributed by atoms with Gasteiger partial charge in [0.1, 0.15) is 0 Å². The van der Waals surface area contributed by atoms with Gasteiger partial charge in [0.2, 0.25) is 0 Å². The second kappa shape index (κ2) is 5.49. The summed E-state index contributed by atoms with van der Waals surface area (Å²) in [7, 11) is 0. The molecule has 1 aliphatic heterocycles. The molecule has 1 aromatic rings. The molecule has 2 fully saturated rings. The zero-order valence-electron chi connectivity index (χ0n) is 13.0. The average molecular weight is 276 g/mol. The first-order valence-electron chi connectivity index (χ1n) is 8.09. The third-order valence-electron chi connectivity index (χ3n) is 5.24. The summed E-state index contributed by atoms with van der Waals surface area (Å²) in [4.78, 5) is 7.01. The molecule has 4 atom stereocenters. The van der Waals surface area contributed by atoms with Crippen molar-refractivity contribution >= 4 is 0 Å². The van der Waals surface area contributed by atoms with Crippen LogP contribution < -0.4 is 5.73 Å². The summed E-state index contributed by atoms with van der Waals surface area (Å²) in [5.74, 6) is 1.50. The van der Waals surface area contributed by atoms with Crippen LogP contribution in [0.2, 0.25) is 0 Å². The third-order valence-corrected chi connectivity index (χ3v) is 5.24. The van der Waals surface area contributed by atoms with Crippen LogP contribution in [-0.2, 0) is 0 Å². The molecule has 2 N–H and O–H groups in total. The maximum Gasteiger partial charge on any atom is 0.0951 e. The molecule has 0 amide bonds. The van der Waals surface area contributed by atoms with Gasteiger partial charge in [-0.05, 0) is 38.0 Å². The van der Waals surface area contributed by atoms with Gasteiger partial charge in [-0.25, -0.2) is 4.98 Å². The van der Waals surface area contributed by atoms with Crippen LogP contribution in [0.15, 0.2) is 12.5 Å². The van der Waals surface area contributed by atoms with Crippen molar-refractivity contribution in [2.75, 3.05) is 13.1 Å². The molecule has 0 spiro atoms. The first kappa shape index (κ1) is 14.1.